The highest BCUT2D eigenvalue weighted by molar-refractivity contribution is 5.69. The van der Waals surface area contributed by atoms with Crippen molar-refractivity contribution in [3.63, 3.8) is 0 Å². The van der Waals surface area contributed by atoms with Crippen molar-refractivity contribution in [2.45, 2.75) is 25.3 Å². The molecular formula is C20H26N2O2. The molecule has 0 saturated carbocycles. The third kappa shape index (κ3) is 2.84. The zero-order chi connectivity index (χ0) is 16.5. The Morgan fingerprint density at radius 3 is 2.92 bits per heavy atom. The van der Waals surface area contributed by atoms with Crippen molar-refractivity contribution < 1.29 is 9.53 Å². The van der Waals surface area contributed by atoms with Crippen molar-refractivity contribution in [1.29, 1.82) is 0 Å². The molecule has 2 unspecified atom stereocenters. The number of fused-ring (bicyclic) bond motifs is 3. The summed E-state index contributed by atoms with van der Waals surface area (Å²) < 4.78 is 5.62. The summed E-state index contributed by atoms with van der Waals surface area (Å²) in [6.07, 6.45) is 4.85. The molecule has 1 aromatic carbocycles. The predicted octanol–water partition coefficient (Wildman–Crippen LogP) is 3.25. The van der Waals surface area contributed by atoms with Gasteiger partial charge in [-0.3, -0.25) is 4.90 Å². The Bertz CT molecular complexity index is 630. The molecule has 0 radical (unpaired) electrons. The summed E-state index contributed by atoms with van der Waals surface area (Å²) in [5.74, 6) is 1.54. The van der Waals surface area contributed by atoms with E-state index in [1.54, 1.807) is 0 Å². The summed E-state index contributed by atoms with van der Waals surface area (Å²) >= 11 is 0. The van der Waals surface area contributed by atoms with Crippen LogP contribution in [0.2, 0.25) is 0 Å². The van der Waals surface area contributed by atoms with Gasteiger partial charge in [-0.25, -0.2) is 4.79 Å². The summed E-state index contributed by atoms with van der Waals surface area (Å²) in [6.45, 7) is 8.87. The molecule has 4 atom stereocenters. The normalized spacial score (nSPS) is 30.9. The number of benzene rings is 1. The molecule has 0 aliphatic carbocycles. The lowest BCUT2D eigenvalue weighted by Gasteiger charge is -2.35. The number of carbonyl (C=O) groups is 1. The van der Waals surface area contributed by atoms with Gasteiger partial charge in [-0.15, -0.1) is 6.58 Å². The first-order valence-corrected chi connectivity index (χ1v) is 9.12. The van der Waals surface area contributed by atoms with Gasteiger partial charge in [0.2, 0.25) is 0 Å². The Morgan fingerprint density at radius 1 is 1.29 bits per heavy atom. The second-order valence-electron chi connectivity index (χ2n) is 7.29. The molecule has 4 nitrogen and oxygen atoms in total. The van der Waals surface area contributed by atoms with Gasteiger partial charge in [0.15, 0.2) is 0 Å². The maximum Gasteiger partial charge on any atom is 0.410 e. The number of piperidine rings is 1. The van der Waals surface area contributed by atoms with E-state index in [1.807, 2.05) is 17.0 Å². The van der Waals surface area contributed by atoms with Crippen LogP contribution in [0, 0.1) is 11.8 Å². The van der Waals surface area contributed by atoms with Crippen LogP contribution in [0.3, 0.4) is 0 Å². The number of hydrogen-bond acceptors (Lipinski definition) is 3. The Labute approximate surface area is 144 Å². The molecule has 2 saturated heterocycles. The smallest absolute Gasteiger partial charge is 0.410 e. The van der Waals surface area contributed by atoms with Crippen molar-refractivity contribution in [2.24, 2.45) is 11.8 Å². The standard InChI is InChI=1S/C20H26N2O2/c1-2-19-18-6-4-3-5-15(18)8-11-22(19)20(23)24-12-9-17-14-21-10-7-16(17)13-21/h2-6,16-17,19H,1,7-14H2/t16?,17-,19+/m1/s1. The van der Waals surface area contributed by atoms with Crippen LogP contribution in [0.5, 0.6) is 0 Å². The fourth-order valence-electron chi connectivity index (χ4n) is 4.66. The third-order valence-electron chi connectivity index (χ3n) is 5.97. The minimum atomic E-state index is -0.196. The molecule has 128 valence electrons. The first-order chi connectivity index (χ1) is 11.8. The first-order valence-electron chi connectivity index (χ1n) is 9.12. The predicted molar refractivity (Wildman–Crippen MR) is 93.8 cm³/mol. The van der Waals surface area contributed by atoms with Gasteiger partial charge in [0.05, 0.1) is 12.6 Å². The maximum absolute atomic E-state index is 12.6. The van der Waals surface area contributed by atoms with Crippen LogP contribution in [-0.2, 0) is 11.2 Å². The SMILES string of the molecule is C=C[C@H]1c2ccccc2CCN1C(=O)OCC[C@@H]1CN2CCC1C2. The summed E-state index contributed by atoms with van der Waals surface area (Å²) in [4.78, 5) is 16.9. The third-order valence-corrected chi connectivity index (χ3v) is 5.97. The van der Waals surface area contributed by atoms with Crippen LogP contribution in [0.4, 0.5) is 4.79 Å². The lowest BCUT2D eigenvalue weighted by Crippen LogP contribution is -2.40. The minimum Gasteiger partial charge on any atom is -0.449 e. The van der Waals surface area contributed by atoms with Crippen molar-refractivity contribution in [2.75, 3.05) is 32.8 Å². The van der Waals surface area contributed by atoms with Crippen molar-refractivity contribution >= 4 is 6.09 Å². The second-order valence-corrected chi connectivity index (χ2v) is 7.29. The highest BCUT2D eigenvalue weighted by Gasteiger charge is 2.37. The topological polar surface area (TPSA) is 32.8 Å². The van der Waals surface area contributed by atoms with Crippen LogP contribution in [-0.4, -0.2) is 48.7 Å². The lowest BCUT2D eigenvalue weighted by atomic mass is 9.90. The Balaban J connectivity index is 1.33. The summed E-state index contributed by atoms with van der Waals surface area (Å²) in [5.41, 5.74) is 2.49. The van der Waals surface area contributed by atoms with Gasteiger partial charge in [-0.05, 0) is 48.8 Å². The minimum absolute atomic E-state index is 0.0731. The molecule has 4 heteroatoms. The fourth-order valence-corrected chi connectivity index (χ4v) is 4.66. The van der Waals surface area contributed by atoms with E-state index in [0.717, 1.165) is 18.8 Å². The first kappa shape index (κ1) is 15.7. The fraction of sp³-hybridized carbons (Fsp3) is 0.550. The van der Waals surface area contributed by atoms with Gasteiger partial charge >= 0.3 is 6.09 Å². The van der Waals surface area contributed by atoms with Crippen LogP contribution in [0.1, 0.15) is 30.0 Å². The highest BCUT2D eigenvalue weighted by Crippen LogP contribution is 2.35. The van der Waals surface area contributed by atoms with Crippen molar-refractivity contribution in [3.8, 4) is 0 Å². The summed E-state index contributed by atoms with van der Waals surface area (Å²) in [5, 5.41) is 0. The molecule has 2 bridgehead atoms. The second kappa shape index (κ2) is 6.60. The molecular weight excluding hydrogens is 300 g/mol. The van der Waals surface area contributed by atoms with E-state index in [9.17, 15) is 4.79 Å². The molecule has 24 heavy (non-hydrogen) atoms. The van der Waals surface area contributed by atoms with Crippen molar-refractivity contribution in [1.82, 2.24) is 9.80 Å². The number of ether oxygens (including phenoxy) is 1. The Morgan fingerprint density at radius 2 is 2.17 bits per heavy atom. The quantitative estimate of drug-likeness (QED) is 0.796. The molecule has 0 spiro atoms. The molecule has 0 aromatic heterocycles. The van der Waals surface area contributed by atoms with Gasteiger partial charge in [-0.1, -0.05) is 30.3 Å². The zero-order valence-corrected chi connectivity index (χ0v) is 14.2. The molecule has 2 fully saturated rings. The lowest BCUT2D eigenvalue weighted by molar-refractivity contribution is 0.0830. The maximum atomic E-state index is 12.6. The van der Waals surface area contributed by atoms with Crippen molar-refractivity contribution in [3.05, 3.63) is 48.0 Å². The average Bonchev–Trinajstić information content (AvgIpc) is 3.23. The average molecular weight is 326 g/mol. The zero-order valence-electron chi connectivity index (χ0n) is 14.2. The van der Waals surface area contributed by atoms with Gasteiger partial charge in [-0.2, -0.15) is 0 Å². The number of carbonyl (C=O) groups excluding carboxylic acids is 1. The molecule has 1 aromatic rings. The Hall–Kier alpha value is -1.81. The van der Waals surface area contributed by atoms with E-state index in [1.165, 1.54) is 37.2 Å². The van der Waals surface area contributed by atoms with Crippen LogP contribution in [0.15, 0.2) is 36.9 Å². The van der Waals surface area contributed by atoms with Gasteiger partial charge in [0.1, 0.15) is 0 Å². The molecule has 0 N–H and O–H groups in total. The van der Waals surface area contributed by atoms with E-state index in [2.05, 4.69) is 29.7 Å². The van der Waals surface area contributed by atoms with Gasteiger partial charge in [0.25, 0.3) is 0 Å². The summed E-state index contributed by atoms with van der Waals surface area (Å²) in [6, 6.07) is 8.23. The van der Waals surface area contributed by atoms with E-state index >= 15 is 0 Å². The number of rotatable bonds is 4. The summed E-state index contributed by atoms with van der Waals surface area (Å²) in [7, 11) is 0. The van der Waals surface area contributed by atoms with Gasteiger partial charge < -0.3 is 9.64 Å². The van der Waals surface area contributed by atoms with Crippen LogP contribution >= 0.6 is 0 Å². The Kier molecular flexibility index (Phi) is 4.31. The van der Waals surface area contributed by atoms with Gasteiger partial charge in [0, 0.05) is 19.6 Å². The monoisotopic (exact) mass is 326 g/mol. The van der Waals surface area contributed by atoms with E-state index in [4.69, 9.17) is 4.74 Å². The van der Waals surface area contributed by atoms with E-state index in [0.29, 0.717) is 19.1 Å². The number of nitrogens with zero attached hydrogens (tertiary/aromatic N) is 2. The highest BCUT2D eigenvalue weighted by atomic mass is 16.6. The molecule has 3 aliphatic heterocycles. The van der Waals surface area contributed by atoms with Crippen LogP contribution < -0.4 is 0 Å². The van der Waals surface area contributed by atoms with Crippen LogP contribution in [0.25, 0.3) is 0 Å². The number of hydrogen-bond donors (Lipinski definition) is 0. The molecule has 3 aliphatic rings. The molecule has 4 rings (SSSR count). The molecule has 1 amide bonds. The van der Waals surface area contributed by atoms with E-state index < -0.39 is 0 Å². The molecule has 3 heterocycles. The van der Waals surface area contributed by atoms with E-state index in [-0.39, 0.29) is 12.1 Å². The largest absolute Gasteiger partial charge is 0.449 e. The number of amides is 1.